The first-order valence-electron chi connectivity index (χ1n) is 6.32. The van der Waals surface area contributed by atoms with Crippen molar-refractivity contribution < 1.29 is 8.42 Å². The normalized spacial score (nSPS) is 16.8. The van der Waals surface area contributed by atoms with E-state index < -0.39 is 9.84 Å². The van der Waals surface area contributed by atoms with Crippen molar-refractivity contribution in [2.24, 2.45) is 5.41 Å². The molecular formula is C14H18N2O2S. The lowest BCUT2D eigenvalue weighted by molar-refractivity contribution is 0.466. The van der Waals surface area contributed by atoms with Crippen LogP contribution in [0.4, 0.5) is 0 Å². The monoisotopic (exact) mass is 278 g/mol. The Balaban J connectivity index is 1.86. The quantitative estimate of drug-likeness (QED) is 0.862. The van der Waals surface area contributed by atoms with Crippen LogP contribution in [0.15, 0.2) is 29.2 Å². The summed E-state index contributed by atoms with van der Waals surface area (Å²) in [6.45, 7) is 1.56. The van der Waals surface area contributed by atoms with E-state index in [-0.39, 0.29) is 5.41 Å². The van der Waals surface area contributed by atoms with Gasteiger partial charge in [0.15, 0.2) is 9.84 Å². The van der Waals surface area contributed by atoms with Crippen LogP contribution in [0.1, 0.15) is 24.8 Å². The summed E-state index contributed by atoms with van der Waals surface area (Å²) in [6.07, 6.45) is 4.08. The van der Waals surface area contributed by atoms with Crippen LogP contribution in [0.5, 0.6) is 0 Å². The number of nitrogens with one attached hydrogen (secondary N) is 1. The number of sulfone groups is 1. The molecule has 0 aliphatic heterocycles. The molecule has 102 valence electrons. The van der Waals surface area contributed by atoms with Crippen LogP contribution in [0.25, 0.3) is 0 Å². The highest BCUT2D eigenvalue weighted by molar-refractivity contribution is 7.90. The zero-order chi connectivity index (χ0) is 13.9. The molecule has 0 heterocycles. The molecule has 5 heteroatoms. The van der Waals surface area contributed by atoms with Gasteiger partial charge in [-0.05, 0) is 36.0 Å². The minimum atomic E-state index is -3.12. The number of hydrogen-bond donors (Lipinski definition) is 1. The Morgan fingerprint density at radius 1 is 1.32 bits per heavy atom. The molecule has 0 saturated heterocycles. The molecule has 0 unspecified atom stereocenters. The van der Waals surface area contributed by atoms with Crippen molar-refractivity contribution in [1.82, 2.24) is 5.32 Å². The summed E-state index contributed by atoms with van der Waals surface area (Å²) in [5.74, 6) is 0. The van der Waals surface area contributed by atoms with Gasteiger partial charge in [-0.2, -0.15) is 5.26 Å². The van der Waals surface area contributed by atoms with Gasteiger partial charge >= 0.3 is 0 Å². The lowest BCUT2D eigenvalue weighted by Crippen LogP contribution is -2.23. The van der Waals surface area contributed by atoms with Crippen molar-refractivity contribution >= 4 is 9.84 Å². The maximum atomic E-state index is 11.3. The topological polar surface area (TPSA) is 70.0 Å². The van der Waals surface area contributed by atoms with Gasteiger partial charge in [0.25, 0.3) is 0 Å². The van der Waals surface area contributed by atoms with Gasteiger partial charge in [-0.15, -0.1) is 0 Å². The Hall–Kier alpha value is -1.38. The zero-order valence-corrected chi connectivity index (χ0v) is 11.8. The Labute approximate surface area is 114 Å². The fourth-order valence-electron chi connectivity index (χ4n) is 2.09. The van der Waals surface area contributed by atoms with Crippen molar-refractivity contribution in [3.63, 3.8) is 0 Å². The summed E-state index contributed by atoms with van der Waals surface area (Å²) < 4.78 is 22.6. The van der Waals surface area contributed by atoms with Gasteiger partial charge in [0, 0.05) is 25.8 Å². The first kappa shape index (κ1) is 14.0. The van der Waals surface area contributed by atoms with E-state index >= 15 is 0 Å². The van der Waals surface area contributed by atoms with Crippen LogP contribution >= 0.6 is 0 Å². The van der Waals surface area contributed by atoms with E-state index in [1.807, 2.05) is 12.1 Å². The molecule has 4 nitrogen and oxygen atoms in total. The third-order valence-electron chi connectivity index (χ3n) is 3.59. The van der Waals surface area contributed by atoms with Crippen molar-refractivity contribution in [3.05, 3.63) is 29.8 Å². The second-order valence-corrected chi connectivity index (χ2v) is 7.37. The molecule has 0 atom stereocenters. The first-order valence-corrected chi connectivity index (χ1v) is 8.21. The molecule has 0 bridgehead atoms. The van der Waals surface area contributed by atoms with E-state index in [1.165, 1.54) is 6.26 Å². The van der Waals surface area contributed by atoms with E-state index in [1.54, 1.807) is 12.1 Å². The van der Waals surface area contributed by atoms with E-state index in [9.17, 15) is 8.42 Å². The second-order valence-electron chi connectivity index (χ2n) is 5.35. The molecule has 1 N–H and O–H groups in total. The predicted octanol–water partition coefficient (Wildman–Crippen LogP) is 1.87. The minimum absolute atomic E-state index is 0.196. The summed E-state index contributed by atoms with van der Waals surface area (Å²) in [4.78, 5) is 0.347. The number of nitrogens with zero attached hydrogens (tertiary/aromatic N) is 1. The summed E-state index contributed by atoms with van der Waals surface area (Å²) >= 11 is 0. The highest BCUT2D eigenvalue weighted by Crippen LogP contribution is 2.47. The molecule has 0 radical (unpaired) electrons. The smallest absolute Gasteiger partial charge is 0.175 e. The van der Waals surface area contributed by atoms with Crippen LogP contribution in [0, 0.1) is 16.7 Å². The highest BCUT2D eigenvalue weighted by atomic mass is 32.2. The van der Waals surface area contributed by atoms with Crippen molar-refractivity contribution in [1.29, 1.82) is 5.26 Å². The standard InChI is InChI=1S/C14H18N2O2S/c1-19(17,18)13-4-2-12(3-5-13)10-16-11-14(6-7-14)8-9-15/h2-5,16H,6-8,10-11H2,1H3. The number of benzene rings is 1. The van der Waals surface area contributed by atoms with Gasteiger partial charge < -0.3 is 5.32 Å². The SMILES string of the molecule is CS(=O)(=O)c1ccc(CNCC2(CC#N)CC2)cc1. The van der Waals surface area contributed by atoms with E-state index in [2.05, 4.69) is 11.4 Å². The van der Waals surface area contributed by atoms with Gasteiger partial charge in [-0.1, -0.05) is 12.1 Å². The predicted molar refractivity (Wildman–Crippen MR) is 73.2 cm³/mol. The van der Waals surface area contributed by atoms with Gasteiger partial charge in [-0.3, -0.25) is 0 Å². The fraction of sp³-hybridized carbons (Fsp3) is 0.500. The van der Waals surface area contributed by atoms with Crippen LogP contribution in [0.3, 0.4) is 0 Å². The number of nitriles is 1. The average Bonchev–Trinajstić information content (AvgIpc) is 3.09. The van der Waals surface area contributed by atoms with Crippen LogP contribution in [-0.2, 0) is 16.4 Å². The molecule has 1 aliphatic carbocycles. The van der Waals surface area contributed by atoms with E-state index in [4.69, 9.17) is 5.26 Å². The Bertz CT molecular complexity index is 581. The maximum Gasteiger partial charge on any atom is 0.175 e. The molecule has 0 amide bonds. The Kier molecular flexibility index (Phi) is 3.93. The average molecular weight is 278 g/mol. The molecule has 19 heavy (non-hydrogen) atoms. The lowest BCUT2D eigenvalue weighted by atomic mass is 10.0. The summed E-state index contributed by atoms with van der Waals surface area (Å²) in [5, 5.41) is 12.1. The third-order valence-corrected chi connectivity index (χ3v) is 4.72. The highest BCUT2D eigenvalue weighted by Gasteiger charge is 2.41. The van der Waals surface area contributed by atoms with Crippen molar-refractivity contribution in [3.8, 4) is 6.07 Å². The number of rotatable bonds is 6. The van der Waals surface area contributed by atoms with Crippen molar-refractivity contribution in [2.45, 2.75) is 30.7 Å². The maximum absolute atomic E-state index is 11.3. The van der Waals surface area contributed by atoms with Crippen LogP contribution < -0.4 is 5.32 Å². The first-order chi connectivity index (χ1) is 8.95. The van der Waals surface area contributed by atoms with Crippen LogP contribution in [-0.4, -0.2) is 21.2 Å². The van der Waals surface area contributed by atoms with E-state index in [0.717, 1.165) is 24.9 Å². The molecule has 0 aromatic heterocycles. The minimum Gasteiger partial charge on any atom is -0.312 e. The Morgan fingerprint density at radius 3 is 2.42 bits per heavy atom. The van der Waals surface area contributed by atoms with E-state index in [0.29, 0.717) is 17.9 Å². The molecule has 0 spiro atoms. The molecule has 1 fully saturated rings. The molecule has 1 saturated carbocycles. The second kappa shape index (κ2) is 5.32. The third kappa shape index (κ3) is 3.79. The zero-order valence-electron chi connectivity index (χ0n) is 11.0. The number of hydrogen-bond acceptors (Lipinski definition) is 4. The van der Waals surface area contributed by atoms with Gasteiger partial charge in [-0.25, -0.2) is 8.42 Å². The molecule has 2 rings (SSSR count). The van der Waals surface area contributed by atoms with Crippen LogP contribution in [0.2, 0.25) is 0 Å². The summed E-state index contributed by atoms with van der Waals surface area (Å²) in [6, 6.07) is 9.16. The fourth-order valence-corrected chi connectivity index (χ4v) is 2.72. The van der Waals surface area contributed by atoms with Gasteiger partial charge in [0.05, 0.1) is 11.0 Å². The largest absolute Gasteiger partial charge is 0.312 e. The van der Waals surface area contributed by atoms with Gasteiger partial charge in [0.1, 0.15) is 0 Å². The lowest BCUT2D eigenvalue weighted by Gasteiger charge is -2.12. The molecule has 1 aliphatic rings. The summed E-state index contributed by atoms with van der Waals surface area (Å²) in [5.41, 5.74) is 1.25. The molecule has 1 aromatic carbocycles. The van der Waals surface area contributed by atoms with Gasteiger partial charge in [0.2, 0.25) is 0 Å². The Morgan fingerprint density at radius 2 is 1.95 bits per heavy atom. The van der Waals surface area contributed by atoms with Crippen molar-refractivity contribution in [2.75, 3.05) is 12.8 Å². The summed E-state index contributed by atoms with van der Waals surface area (Å²) in [7, 11) is -3.12. The molecule has 1 aromatic rings. The molecular weight excluding hydrogens is 260 g/mol.